The molecule has 0 unspecified atom stereocenters. The van der Waals surface area contributed by atoms with Gasteiger partial charge in [-0.25, -0.2) is 9.18 Å². The molecule has 0 saturated heterocycles. The van der Waals surface area contributed by atoms with Crippen molar-refractivity contribution >= 4 is 23.3 Å². The molecule has 1 aliphatic rings. The number of benzene rings is 1. The maximum atomic E-state index is 13.6. The second kappa shape index (κ2) is 11.0. The highest BCUT2D eigenvalue weighted by atomic mass is 32.1. The van der Waals surface area contributed by atoms with Gasteiger partial charge in [0.2, 0.25) is 5.91 Å². The van der Waals surface area contributed by atoms with Crippen LogP contribution in [-0.4, -0.2) is 67.2 Å². The Balaban J connectivity index is 1.75. The van der Waals surface area contributed by atoms with Gasteiger partial charge in [0.15, 0.2) is 0 Å². The number of amides is 3. The number of nitrogens with one attached hydrogen (secondary N) is 1. The first-order chi connectivity index (χ1) is 15.7. The summed E-state index contributed by atoms with van der Waals surface area (Å²) in [6.45, 7) is 6.96. The van der Waals surface area contributed by atoms with Crippen molar-refractivity contribution in [3.63, 3.8) is 0 Å². The van der Waals surface area contributed by atoms with Crippen molar-refractivity contribution in [3.05, 3.63) is 52.0 Å². The fraction of sp³-hybridized carbons (Fsp3) is 0.500. The smallest absolute Gasteiger partial charge is 0.318 e. The van der Waals surface area contributed by atoms with E-state index in [4.69, 9.17) is 9.47 Å². The van der Waals surface area contributed by atoms with Gasteiger partial charge in [0, 0.05) is 36.7 Å². The molecule has 7 nitrogen and oxygen atoms in total. The Bertz CT molecular complexity index is 959. The zero-order chi connectivity index (χ0) is 24.0. The first-order valence-electron chi connectivity index (χ1n) is 11.0. The van der Waals surface area contributed by atoms with E-state index < -0.39 is 5.54 Å². The number of hydrogen-bond donors (Lipinski definition) is 1. The highest BCUT2D eigenvalue weighted by Crippen LogP contribution is 2.34. The lowest BCUT2D eigenvalue weighted by atomic mass is 10.0. The van der Waals surface area contributed by atoms with Gasteiger partial charge in [-0.2, -0.15) is 0 Å². The van der Waals surface area contributed by atoms with Crippen molar-refractivity contribution in [3.8, 4) is 5.75 Å². The summed E-state index contributed by atoms with van der Waals surface area (Å²) < 4.78 is 24.6. The van der Waals surface area contributed by atoms with Crippen molar-refractivity contribution in [2.45, 2.75) is 38.8 Å². The molecule has 1 atom stereocenters. The number of rotatable bonds is 8. The normalized spacial score (nSPS) is 15.7. The maximum absolute atomic E-state index is 13.6. The minimum atomic E-state index is -0.427. The topological polar surface area (TPSA) is 71.1 Å². The average Bonchev–Trinajstić information content (AvgIpc) is 3.22. The van der Waals surface area contributed by atoms with Gasteiger partial charge in [0.1, 0.15) is 24.7 Å². The second-order valence-electron chi connectivity index (χ2n) is 9.01. The molecule has 0 saturated carbocycles. The lowest BCUT2D eigenvalue weighted by Crippen LogP contribution is -2.53. The van der Waals surface area contributed by atoms with Crippen LogP contribution in [0.1, 0.15) is 37.3 Å². The second-order valence-corrected chi connectivity index (χ2v) is 10.0. The Kier molecular flexibility index (Phi) is 8.31. The number of halogens is 1. The van der Waals surface area contributed by atoms with E-state index in [1.165, 1.54) is 21.9 Å². The number of methoxy groups -OCH3 is 1. The maximum Gasteiger partial charge on any atom is 0.318 e. The molecule has 1 aromatic heterocycles. The number of fused-ring (bicyclic) bond motifs is 1. The standard InChI is InChI=1S/C24H32FN3O4S/c1-24(2,3)26-23(30)27(11-12-31-4)15-22(29)28-10-8-21-19(9-13-33-21)20(28)16-32-18-7-5-6-17(25)14-18/h5-7,9,13-14,20H,8,10-12,15-16H2,1-4H3,(H,26,30)/t20-/m0/s1. The lowest BCUT2D eigenvalue weighted by Gasteiger charge is -2.37. The average molecular weight is 478 g/mol. The molecule has 33 heavy (non-hydrogen) atoms. The van der Waals surface area contributed by atoms with Crippen LogP contribution in [0, 0.1) is 5.82 Å². The van der Waals surface area contributed by atoms with E-state index >= 15 is 0 Å². The van der Waals surface area contributed by atoms with Crippen LogP contribution in [0.4, 0.5) is 9.18 Å². The van der Waals surface area contributed by atoms with Crippen molar-refractivity contribution in [1.29, 1.82) is 0 Å². The van der Waals surface area contributed by atoms with E-state index in [1.807, 2.05) is 32.2 Å². The van der Waals surface area contributed by atoms with E-state index in [2.05, 4.69) is 5.32 Å². The molecule has 180 valence electrons. The molecule has 0 spiro atoms. The van der Waals surface area contributed by atoms with E-state index in [1.54, 1.807) is 35.5 Å². The molecule has 1 aromatic carbocycles. The summed E-state index contributed by atoms with van der Waals surface area (Å²) in [6, 6.07) is 7.35. The minimum absolute atomic E-state index is 0.0682. The van der Waals surface area contributed by atoms with Crippen LogP contribution in [0.5, 0.6) is 5.75 Å². The van der Waals surface area contributed by atoms with E-state index in [9.17, 15) is 14.0 Å². The third-order valence-corrected chi connectivity index (χ3v) is 6.28. The highest BCUT2D eigenvalue weighted by molar-refractivity contribution is 7.10. The minimum Gasteiger partial charge on any atom is -0.491 e. The Morgan fingerprint density at radius 1 is 1.30 bits per heavy atom. The third-order valence-electron chi connectivity index (χ3n) is 5.28. The number of hydrogen-bond acceptors (Lipinski definition) is 5. The summed E-state index contributed by atoms with van der Waals surface area (Å²) in [5.74, 6) is -0.130. The Morgan fingerprint density at radius 3 is 2.79 bits per heavy atom. The van der Waals surface area contributed by atoms with Gasteiger partial charge in [-0.15, -0.1) is 11.3 Å². The molecule has 1 aliphatic heterocycles. The lowest BCUT2D eigenvalue weighted by molar-refractivity contribution is -0.135. The largest absolute Gasteiger partial charge is 0.491 e. The Morgan fingerprint density at radius 2 is 2.09 bits per heavy atom. The van der Waals surface area contributed by atoms with Crippen LogP contribution < -0.4 is 10.1 Å². The molecule has 3 amide bonds. The van der Waals surface area contributed by atoms with Gasteiger partial charge in [-0.05, 0) is 56.3 Å². The number of nitrogens with zero attached hydrogens (tertiary/aromatic N) is 2. The van der Waals surface area contributed by atoms with Crippen LogP contribution in [-0.2, 0) is 16.0 Å². The van der Waals surface area contributed by atoms with Gasteiger partial charge >= 0.3 is 6.03 Å². The van der Waals surface area contributed by atoms with Gasteiger partial charge in [-0.3, -0.25) is 4.79 Å². The fourth-order valence-corrected chi connectivity index (χ4v) is 4.64. The summed E-state index contributed by atoms with van der Waals surface area (Å²) in [4.78, 5) is 30.7. The van der Waals surface area contributed by atoms with Crippen molar-refractivity contribution < 1.29 is 23.5 Å². The summed E-state index contributed by atoms with van der Waals surface area (Å²) in [7, 11) is 1.56. The number of carbonyl (C=O) groups excluding carboxylic acids is 2. The van der Waals surface area contributed by atoms with Gasteiger partial charge in [0.25, 0.3) is 0 Å². The van der Waals surface area contributed by atoms with Crippen molar-refractivity contribution in [2.24, 2.45) is 0 Å². The molecule has 0 fully saturated rings. The molecule has 3 rings (SSSR count). The molecule has 9 heteroatoms. The van der Waals surface area contributed by atoms with Gasteiger partial charge in [0.05, 0.1) is 12.6 Å². The van der Waals surface area contributed by atoms with E-state index in [0.29, 0.717) is 25.4 Å². The molecule has 2 aromatic rings. The number of ether oxygens (including phenoxy) is 2. The molecule has 2 heterocycles. The predicted molar refractivity (Wildman–Crippen MR) is 126 cm³/mol. The zero-order valence-corrected chi connectivity index (χ0v) is 20.4. The highest BCUT2D eigenvalue weighted by Gasteiger charge is 2.34. The number of carbonyl (C=O) groups is 2. The SMILES string of the molecule is COCCN(CC(=O)N1CCc2sccc2[C@@H]1COc1cccc(F)c1)C(=O)NC(C)(C)C. The van der Waals surface area contributed by atoms with Crippen LogP contribution >= 0.6 is 11.3 Å². The van der Waals surface area contributed by atoms with Gasteiger partial charge in [-0.1, -0.05) is 6.07 Å². The Hall–Kier alpha value is -2.65. The first kappa shape index (κ1) is 25.0. The summed E-state index contributed by atoms with van der Waals surface area (Å²) in [6.07, 6.45) is 0.751. The van der Waals surface area contributed by atoms with E-state index in [-0.39, 0.29) is 36.9 Å². The monoisotopic (exact) mass is 477 g/mol. The summed E-state index contributed by atoms with van der Waals surface area (Å²) in [5.41, 5.74) is 0.613. The molecule has 1 N–H and O–H groups in total. The van der Waals surface area contributed by atoms with Crippen LogP contribution in [0.25, 0.3) is 0 Å². The Labute approximate surface area is 198 Å². The third kappa shape index (κ3) is 6.91. The quantitative estimate of drug-likeness (QED) is 0.627. The molecule has 0 aliphatic carbocycles. The molecular formula is C24H32FN3O4S. The van der Waals surface area contributed by atoms with Crippen LogP contribution in [0.2, 0.25) is 0 Å². The van der Waals surface area contributed by atoms with E-state index in [0.717, 1.165) is 12.0 Å². The molecule has 0 bridgehead atoms. The predicted octanol–water partition coefficient (Wildman–Crippen LogP) is 3.85. The number of thiophene rings is 1. The summed E-state index contributed by atoms with van der Waals surface area (Å²) >= 11 is 1.66. The molecular weight excluding hydrogens is 445 g/mol. The zero-order valence-electron chi connectivity index (χ0n) is 19.6. The van der Waals surface area contributed by atoms with Crippen molar-refractivity contribution in [1.82, 2.24) is 15.1 Å². The molecule has 0 radical (unpaired) electrons. The van der Waals surface area contributed by atoms with Crippen LogP contribution in [0.3, 0.4) is 0 Å². The van der Waals surface area contributed by atoms with Crippen molar-refractivity contribution in [2.75, 3.05) is 40.0 Å². The van der Waals surface area contributed by atoms with Gasteiger partial charge < -0.3 is 24.6 Å². The fourth-order valence-electron chi connectivity index (χ4n) is 3.71. The summed E-state index contributed by atoms with van der Waals surface area (Å²) in [5, 5.41) is 4.92. The van der Waals surface area contributed by atoms with Crippen LogP contribution in [0.15, 0.2) is 35.7 Å². The number of urea groups is 1. The first-order valence-corrected chi connectivity index (χ1v) is 11.9.